The number of carbonyl (C=O) groups excluding carboxylic acids is 1. The Bertz CT molecular complexity index is 361. The van der Waals surface area contributed by atoms with Crippen molar-refractivity contribution in [2.24, 2.45) is 11.8 Å². The molecule has 2 rings (SSSR count). The lowest BCUT2D eigenvalue weighted by atomic mass is 9.96. The number of aliphatic hydroxyl groups excluding tert-OH is 1. The Morgan fingerprint density at radius 1 is 1.26 bits per heavy atom. The number of urea groups is 1. The first-order valence-corrected chi connectivity index (χ1v) is 6.93. The van der Waals surface area contributed by atoms with E-state index in [4.69, 9.17) is 5.11 Å². The van der Waals surface area contributed by atoms with E-state index in [1.807, 2.05) is 6.92 Å². The minimum Gasteiger partial charge on any atom is -0.481 e. The maximum Gasteiger partial charge on any atom is 0.317 e. The quantitative estimate of drug-likeness (QED) is 0.687. The Morgan fingerprint density at radius 2 is 2.00 bits per heavy atom. The normalized spacial score (nSPS) is 35.2. The van der Waals surface area contributed by atoms with Crippen molar-refractivity contribution in [1.29, 1.82) is 0 Å². The molecule has 6 heteroatoms. The minimum absolute atomic E-state index is 0.0508. The fourth-order valence-electron chi connectivity index (χ4n) is 2.84. The Labute approximate surface area is 112 Å². The van der Waals surface area contributed by atoms with Gasteiger partial charge in [0.2, 0.25) is 0 Å². The van der Waals surface area contributed by atoms with Crippen LogP contribution in [0.15, 0.2) is 0 Å². The summed E-state index contributed by atoms with van der Waals surface area (Å²) in [5, 5.41) is 21.6. The highest BCUT2D eigenvalue weighted by molar-refractivity contribution is 5.75. The van der Waals surface area contributed by atoms with Crippen LogP contribution in [0.4, 0.5) is 4.79 Å². The van der Waals surface area contributed by atoms with E-state index in [-0.39, 0.29) is 23.9 Å². The lowest BCUT2D eigenvalue weighted by Gasteiger charge is -2.34. The molecule has 0 aromatic rings. The molecule has 2 aliphatic rings. The molecule has 1 heterocycles. The largest absolute Gasteiger partial charge is 0.481 e. The summed E-state index contributed by atoms with van der Waals surface area (Å²) in [5.74, 6) is -0.886. The van der Waals surface area contributed by atoms with E-state index in [2.05, 4.69) is 5.32 Å². The summed E-state index contributed by atoms with van der Waals surface area (Å²) in [7, 11) is 0. The maximum atomic E-state index is 12.0. The van der Waals surface area contributed by atoms with Gasteiger partial charge in [-0.2, -0.15) is 0 Å². The van der Waals surface area contributed by atoms with Crippen LogP contribution >= 0.6 is 0 Å². The van der Waals surface area contributed by atoms with Gasteiger partial charge in [0.05, 0.1) is 12.0 Å². The van der Waals surface area contributed by atoms with Gasteiger partial charge in [-0.3, -0.25) is 4.79 Å². The molecule has 4 unspecified atom stereocenters. The topological polar surface area (TPSA) is 89.9 Å². The summed E-state index contributed by atoms with van der Waals surface area (Å²) in [6.07, 6.45) is 2.19. The Kier molecular flexibility index (Phi) is 4.29. The molecule has 1 saturated carbocycles. The number of β-amino-alcohol motifs (C(OH)–C–C–N with tert-alkyl or cyclic N) is 1. The molecule has 19 heavy (non-hydrogen) atoms. The summed E-state index contributed by atoms with van der Waals surface area (Å²) in [6.45, 7) is 3.00. The Hall–Kier alpha value is -1.30. The molecule has 1 aliphatic carbocycles. The van der Waals surface area contributed by atoms with E-state index in [1.165, 1.54) is 0 Å². The molecule has 6 nitrogen and oxygen atoms in total. The van der Waals surface area contributed by atoms with Crippen LogP contribution in [0.1, 0.15) is 32.6 Å². The molecular formula is C13H22N2O4. The van der Waals surface area contributed by atoms with E-state index >= 15 is 0 Å². The van der Waals surface area contributed by atoms with Crippen LogP contribution in [0.2, 0.25) is 0 Å². The predicted octanol–water partition coefficient (Wildman–Crippen LogP) is 0.652. The number of amides is 2. The van der Waals surface area contributed by atoms with Crippen molar-refractivity contribution in [2.75, 3.05) is 13.1 Å². The second kappa shape index (κ2) is 5.77. The summed E-state index contributed by atoms with van der Waals surface area (Å²) >= 11 is 0. The average molecular weight is 270 g/mol. The van der Waals surface area contributed by atoms with Gasteiger partial charge >= 0.3 is 12.0 Å². The van der Waals surface area contributed by atoms with Crippen molar-refractivity contribution in [3.05, 3.63) is 0 Å². The van der Waals surface area contributed by atoms with Crippen LogP contribution in [-0.2, 0) is 4.79 Å². The Balaban J connectivity index is 1.80. The third-order valence-electron chi connectivity index (χ3n) is 4.32. The number of likely N-dealkylation sites (tertiary alicyclic amines) is 1. The lowest BCUT2D eigenvalue weighted by molar-refractivity contribution is -0.141. The van der Waals surface area contributed by atoms with E-state index < -0.39 is 12.1 Å². The third-order valence-corrected chi connectivity index (χ3v) is 4.32. The van der Waals surface area contributed by atoms with Gasteiger partial charge in [0.25, 0.3) is 0 Å². The van der Waals surface area contributed by atoms with Crippen LogP contribution in [0.5, 0.6) is 0 Å². The highest BCUT2D eigenvalue weighted by atomic mass is 16.4. The number of carboxylic acids is 1. The van der Waals surface area contributed by atoms with Crippen molar-refractivity contribution in [1.82, 2.24) is 10.2 Å². The third kappa shape index (κ3) is 3.37. The SMILES string of the molecule is CC1CCN(C(=O)NC2CCC(C(=O)O)C2)CC1O. The molecule has 1 saturated heterocycles. The first-order valence-electron chi connectivity index (χ1n) is 6.93. The molecule has 0 aromatic heterocycles. The number of aliphatic carboxylic acids is 1. The van der Waals surface area contributed by atoms with Crippen molar-refractivity contribution in [2.45, 2.75) is 44.8 Å². The predicted molar refractivity (Wildman–Crippen MR) is 68.7 cm³/mol. The number of rotatable bonds is 2. The fraction of sp³-hybridized carbons (Fsp3) is 0.846. The number of nitrogens with zero attached hydrogens (tertiary/aromatic N) is 1. The summed E-state index contributed by atoms with van der Waals surface area (Å²) in [6, 6.07) is -0.230. The number of piperidine rings is 1. The highest BCUT2D eigenvalue weighted by Crippen LogP contribution is 2.26. The number of carbonyl (C=O) groups is 2. The summed E-state index contributed by atoms with van der Waals surface area (Å²) in [4.78, 5) is 24.5. The zero-order valence-corrected chi connectivity index (χ0v) is 11.2. The van der Waals surface area contributed by atoms with E-state index in [9.17, 15) is 14.7 Å². The number of nitrogens with one attached hydrogen (secondary N) is 1. The zero-order chi connectivity index (χ0) is 14.0. The number of hydrogen-bond acceptors (Lipinski definition) is 3. The van der Waals surface area contributed by atoms with Crippen molar-refractivity contribution >= 4 is 12.0 Å². The van der Waals surface area contributed by atoms with Gasteiger partial charge in [0, 0.05) is 19.1 Å². The molecule has 0 aromatic carbocycles. The molecule has 2 fully saturated rings. The van der Waals surface area contributed by atoms with E-state index in [0.29, 0.717) is 25.9 Å². The van der Waals surface area contributed by atoms with Gasteiger partial charge < -0.3 is 20.4 Å². The van der Waals surface area contributed by atoms with Crippen molar-refractivity contribution < 1.29 is 19.8 Å². The number of hydrogen-bond donors (Lipinski definition) is 3. The smallest absolute Gasteiger partial charge is 0.317 e. The standard InChI is InChI=1S/C13H22N2O4/c1-8-4-5-15(7-11(8)16)13(19)14-10-3-2-9(6-10)12(17)18/h8-11,16H,2-7H2,1H3,(H,14,19)(H,17,18). The molecule has 0 spiro atoms. The summed E-state index contributed by atoms with van der Waals surface area (Å²) < 4.78 is 0. The number of carboxylic acid groups (broad SMARTS) is 1. The van der Waals surface area contributed by atoms with Crippen LogP contribution in [0, 0.1) is 11.8 Å². The van der Waals surface area contributed by atoms with E-state index in [0.717, 1.165) is 12.8 Å². The molecule has 2 amide bonds. The molecular weight excluding hydrogens is 248 g/mol. The maximum absolute atomic E-state index is 12.0. The van der Waals surface area contributed by atoms with Gasteiger partial charge in [-0.1, -0.05) is 6.92 Å². The van der Waals surface area contributed by atoms with E-state index in [1.54, 1.807) is 4.90 Å². The molecule has 4 atom stereocenters. The van der Waals surface area contributed by atoms with Crippen LogP contribution in [0.3, 0.4) is 0 Å². The molecule has 0 radical (unpaired) electrons. The van der Waals surface area contributed by atoms with Crippen molar-refractivity contribution in [3.8, 4) is 0 Å². The van der Waals surface area contributed by atoms with Gasteiger partial charge in [-0.25, -0.2) is 4.79 Å². The zero-order valence-electron chi connectivity index (χ0n) is 11.2. The monoisotopic (exact) mass is 270 g/mol. The molecule has 0 bridgehead atoms. The second-order valence-electron chi connectivity index (χ2n) is 5.77. The highest BCUT2D eigenvalue weighted by Gasteiger charge is 2.33. The first kappa shape index (κ1) is 14.1. The summed E-state index contributed by atoms with van der Waals surface area (Å²) in [5.41, 5.74) is 0. The first-order chi connectivity index (χ1) is 8.97. The molecule has 108 valence electrons. The van der Waals surface area contributed by atoms with Crippen LogP contribution in [-0.4, -0.2) is 52.3 Å². The van der Waals surface area contributed by atoms with Crippen LogP contribution in [0.25, 0.3) is 0 Å². The Morgan fingerprint density at radius 3 is 2.58 bits per heavy atom. The lowest BCUT2D eigenvalue weighted by Crippen LogP contribution is -2.51. The molecule has 1 aliphatic heterocycles. The average Bonchev–Trinajstić information content (AvgIpc) is 2.81. The van der Waals surface area contributed by atoms with Gasteiger partial charge in [0.1, 0.15) is 0 Å². The van der Waals surface area contributed by atoms with Crippen molar-refractivity contribution in [3.63, 3.8) is 0 Å². The van der Waals surface area contributed by atoms with Gasteiger partial charge in [-0.15, -0.1) is 0 Å². The van der Waals surface area contributed by atoms with Gasteiger partial charge in [0.15, 0.2) is 0 Å². The minimum atomic E-state index is -0.779. The van der Waals surface area contributed by atoms with Crippen LogP contribution < -0.4 is 5.32 Å². The van der Waals surface area contributed by atoms with Gasteiger partial charge in [-0.05, 0) is 31.6 Å². The number of aliphatic hydroxyl groups is 1. The molecule has 3 N–H and O–H groups in total. The fourth-order valence-corrected chi connectivity index (χ4v) is 2.84. The second-order valence-corrected chi connectivity index (χ2v) is 5.77.